The van der Waals surface area contributed by atoms with E-state index in [0.29, 0.717) is 0 Å². The second-order valence-corrected chi connectivity index (χ2v) is 4.71. The Morgan fingerprint density at radius 2 is 1.00 bits per heavy atom. The van der Waals surface area contributed by atoms with Gasteiger partial charge >= 0.3 is 0 Å². The zero-order valence-electron chi connectivity index (χ0n) is 15.0. The van der Waals surface area contributed by atoms with Crippen molar-refractivity contribution in [1.29, 1.82) is 0 Å². The molecule has 0 aliphatic carbocycles. The fourth-order valence-corrected chi connectivity index (χ4v) is 1.23. The van der Waals surface area contributed by atoms with E-state index in [4.69, 9.17) is 5.73 Å². The van der Waals surface area contributed by atoms with Gasteiger partial charge in [0.05, 0.1) is 0 Å². The molecule has 0 saturated heterocycles. The minimum Gasteiger partial charge on any atom is -0.325 e. The highest BCUT2D eigenvalue weighted by Gasteiger charge is 2.34. The fourth-order valence-electron chi connectivity index (χ4n) is 1.23. The Balaban J connectivity index is -0.000000375. The van der Waals surface area contributed by atoms with Crippen molar-refractivity contribution in [2.75, 3.05) is 0 Å². The summed E-state index contributed by atoms with van der Waals surface area (Å²) in [7, 11) is 0. The van der Waals surface area contributed by atoms with Crippen LogP contribution in [0.1, 0.15) is 74.8 Å². The first-order chi connectivity index (χ1) is 8.86. The summed E-state index contributed by atoms with van der Waals surface area (Å²) in [4.78, 5) is 0. The van der Waals surface area contributed by atoms with Crippen LogP contribution < -0.4 is 5.73 Å². The molecule has 0 unspecified atom stereocenters. The SMILES string of the molecule is CC.CC.CC.CC(C)(N)C(C)(C)c1ccccc1. The zero-order valence-corrected chi connectivity index (χ0v) is 15.0. The first-order valence-corrected chi connectivity index (χ1v) is 7.70. The van der Waals surface area contributed by atoms with Gasteiger partial charge in [-0.2, -0.15) is 0 Å². The van der Waals surface area contributed by atoms with Crippen LogP contribution in [0.2, 0.25) is 0 Å². The molecular formula is C18H37N. The lowest BCUT2D eigenvalue weighted by Crippen LogP contribution is -2.50. The van der Waals surface area contributed by atoms with Crippen molar-refractivity contribution in [3.63, 3.8) is 0 Å². The highest BCUT2D eigenvalue weighted by molar-refractivity contribution is 5.27. The smallest absolute Gasteiger partial charge is 0.0189 e. The number of nitrogens with two attached hydrogens (primary N) is 1. The maximum absolute atomic E-state index is 6.15. The van der Waals surface area contributed by atoms with Crippen LogP contribution in [0.25, 0.3) is 0 Å². The van der Waals surface area contributed by atoms with E-state index in [1.807, 2.05) is 47.6 Å². The van der Waals surface area contributed by atoms with Crippen molar-refractivity contribution < 1.29 is 0 Å². The van der Waals surface area contributed by atoms with E-state index in [1.54, 1.807) is 0 Å². The lowest BCUT2D eigenvalue weighted by Gasteiger charge is -2.39. The third-order valence-corrected chi connectivity index (χ3v) is 3.11. The van der Waals surface area contributed by atoms with Gasteiger partial charge in [-0.3, -0.25) is 0 Å². The molecular weight excluding hydrogens is 230 g/mol. The summed E-state index contributed by atoms with van der Waals surface area (Å²) < 4.78 is 0. The number of hydrogen-bond acceptors (Lipinski definition) is 1. The Labute approximate surface area is 122 Å². The summed E-state index contributed by atoms with van der Waals surface area (Å²) in [6.07, 6.45) is 0. The second kappa shape index (κ2) is 12.2. The predicted molar refractivity (Wildman–Crippen MR) is 91.8 cm³/mol. The van der Waals surface area contributed by atoms with Crippen LogP contribution >= 0.6 is 0 Å². The van der Waals surface area contributed by atoms with Crippen molar-refractivity contribution in [1.82, 2.24) is 0 Å². The maximum atomic E-state index is 6.15. The second-order valence-electron chi connectivity index (χ2n) is 4.71. The summed E-state index contributed by atoms with van der Waals surface area (Å²) in [5.74, 6) is 0. The average molecular weight is 268 g/mol. The molecule has 1 aromatic rings. The molecule has 0 bridgehead atoms. The van der Waals surface area contributed by atoms with Crippen LogP contribution in [0, 0.1) is 0 Å². The quantitative estimate of drug-likeness (QED) is 0.722. The van der Waals surface area contributed by atoms with E-state index >= 15 is 0 Å². The highest BCUT2D eigenvalue weighted by Crippen LogP contribution is 2.32. The van der Waals surface area contributed by atoms with Crippen molar-refractivity contribution >= 4 is 0 Å². The molecule has 1 nitrogen and oxygen atoms in total. The first-order valence-electron chi connectivity index (χ1n) is 7.70. The lowest BCUT2D eigenvalue weighted by molar-refractivity contribution is 0.306. The van der Waals surface area contributed by atoms with Gasteiger partial charge < -0.3 is 5.73 Å². The summed E-state index contributed by atoms with van der Waals surface area (Å²) in [6.45, 7) is 20.5. The molecule has 114 valence electrons. The summed E-state index contributed by atoms with van der Waals surface area (Å²) in [6, 6.07) is 10.4. The van der Waals surface area contributed by atoms with Gasteiger partial charge in [0.2, 0.25) is 0 Å². The number of rotatable bonds is 2. The molecule has 0 fully saturated rings. The Morgan fingerprint density at radius 1 is 0.684 bits per heavy atom. The van der Waals surface area contributed by atoms with E-state index < -0.39 is 0 Å². The normalized spacial score (nSPS) is 9.84. The van der Waals surface area contributed by atoms with Gasteiger partial charge in [-0.05, 0) is 19.4 Å². The molecule has 0 aliphatic rings. The number of hydrogen-bond donors (Lipinski definition) is 1. The van der Waals surface area contributed by atoms with Crippen LogP contribution in [0.4, 0.5) is 0 Å². The van der Waals surface area contributed by atoms with Crippen molar-refractivity contribution in [3.8, 4) is 0 Å². The molecule has 0 heterocycles. The van der Waals surface area contributed by atoms with Crippen molar-refractivity contribution in [2.24, 2.45) is 5.73 Å². The fraction of sp³-hybridized carbons (Fsp3) is 0.667. The predicted octanol–water partition coefficient (Wildman–Crippen LogP) is 5.78. The van der Waals surface area contributed by atoms with Crippen LogP contribution in [0.3, 0.4) is 0 Å². The van der Waals surface area contributed by atoms with Crippen LogP contribution in [-0.4, -0.2) is 5.54 Å². The Bertz CT molecular complexity index is 267. The standard InChI is InChI=1S/C12H19N.3C2H6/c1-11(2,12(3,4)13)10-8-6-5-7-9-10;3*1-2/h5-9H,13H2,1-4H3;3*1-2H3. The topological polar surface area (TPSA) is 26.0 Å². The van der Waals surface area contributed by atoms with Crippen molar-refractivity contribution in [3.05, 3.63) is 35.9 Å². The van der Waals surface area contributed by atoms with E-state index in [1.165, 1.54) is 5.56 Å². The average Bonchev–Trinajstić information content (AvgIpc) is 2.45. The summed E-state index contributed by atoms with van der Waals surface area (Å²) in [5.41, 5.74) is 7.25. The molecule has 0 aromatic heterocycles. The van der Waals surface area contributed by atoms with Gasteiger partial charge in [0.25, 0.3) is 0 Å². The van der Waals surface area contributed by atoms with Gasteiger partial charge in [0, 0.05) is 11.0 Å². The van der Waals surface area contributed by atoms with Gasteiger partial charge in [0.1, 0.15) is 0 Å². The van der Waals surface area contributed by atoms with Crippen LogP contribution in [0.5, 0.6) is 0 Å². The summed E-state index contributed by atoms with van der Waals surface area (Å²) >= 11 is 0. The van der Waals surface area contributed by atoms with Gasteiger partial charge in [-0.1, -0.05) is 85.7 Å². The van der Waals surface area contributed by atoms with Gasteiger partial charge in [-0.15, -0.1) is 0 Å². The molecule has 1 aromatic carbocycles. The van der Waals surface area contributed by atoms with E-state index in [9.17, 15) is 0 Å². The monoisotopic (exact) mass is 267 g/mol. The third-order valence-electron chi connectivity index (χ3n) is 3.11. The minimum atomic E-state index is -0.200. The Kier molecular flexibility index (Phi) is 15.0. The van der Waals surface area contributed by atoms with Crippen LogP contribution in [0.15, 0.2) is 30.3 Å². The van der Waals surface area contributed by atoms with E-state index in [-0.39, 0.29) is 11.0 Å². The molecule has 0 radical (unpaired) electrons. The summed E-state index contributed by atoms with van der Waals surface area (Å²) in [5, 5.41) is 0. The molecule has 1 rings (SSSR count). The Hall–Kier alpha value is -0.820. The number of benzene rings is 1. The molecule has 0 saturated carbocycles. The largest absolute Gasteiger partial charge is 0.325 e. The van der Waals surface area contributed by atoms with Crippen LogP contribution in [-0.2, 0) is 5.41 Å². The minimum absolute atomic E-state index is 0.00819. The molecule has 2 N–H and O–H groups in total. The van der Waals surface area contributed by atoms with E-state index in [2.05, 4.69) is 52.0 Å². The molecule has 19 heavy (non-hydrogen) atoms. The third kappa shape index (κ3) is 8.05. The van der Waals surface area contributed by atoms with Gasteiger partial charge in [0.15, 0.2) is 0 Å². The molecule has 0 spiro atoms. The van der Waals surface area contributed by atoms with Gasteiger partial charge in [-0.25, -0.2) is 0 Å². The molecule has 0 amide bonds. The van der Waals surface area contributed by atoms with E-state index in [0.717, 1.165) is 0 Å². The lowest BCUT2D eigenvalue weighted by atomic mass is 9.70. The molecule has 1 heteroatoms. The maximum Gasteiger partial charge on any atom is 0.0189 e. The first kappa shape index (κ1) is 23.3. The Morgan fingerprint density at radius 3 is 1.26 bits per heavy atom. The molecule has 0 aliphatic heterocycles. The van der Waals surface area contributed by atoms with Crippen molar-refractivity contribution in [2.45, 2.75) is 80.2 Å². The zero-order chi connectivity index (χ0) is 16.1. The highest BCUT2D eigenvalue weighted by atomic mass is 14.7. The molecule has 0 atom stereocenters.